The highest BCUT2D eigenvalue weighted by molar-refractivity contribution is 7.57. The second kappa shape index (κ2) is 5.85. The molecule has 0 radical (unpaired) electrons. The van der Waals surface area contributed by atoms with Gasteiger partial charge in [-0.05, 0) is 17.7 Å². The topological polar surface area (TPSA) is 35.5 Å². The molecule has 2 aromatic rings. The molecule has 0 amide bonds. The Bertz CT molecular complexity index is 525. The lowest BCUT2D eigenvalue weighted by molar-refractivity contribution is -0.0968. The van der Waals surface area contributed by atoms with Gasteiger partial charge in [0.1, 0.15) is 0 Å². The number of hydrogen-bond donors (Lipinski definition) is 0. The van der Waals surface area contributed by atoms with Gasteiger partial charge in [-0.2, -0.15) is 0 Å². The van der Waals surface area contributed by atoms with Crippen LogP contribution in [0, 0.1) is 0 Å². The van der Waals surface area contributed by atoms with Crippen LogP contribution < -0.4 is 4.89 Å². The maximum absolute atomic E-state index is 12.2. The van der Waals surface area contributed by atoms with Crippen molar-refractivity contribution in [2.75, 3.05) is 6.66 Å². The monoisotopic (exact) mass is 262 g/mol. The lowest BCUT2D eigenvalue weighted by Gasteiger charge is -2.12. The van der Waals surface area contributed by atoms with Gasteiger partial charge < -0.3 is 4.89 Å². The van der Waals surface area contributed by atoms with Crippen LogP contribution in [0.15, 0.2) is 60.7 Å². The third kappa shape index (κ3) is 4.02. The van der Waals surface area contributed by atoms with Crippen molar-refractivity contribution in [1.82, 2.24) is 0 Å². The summed E-state index contributed by atoms with van der Waals surface area (Å²) in [7, 11) is -2.80. The van der Waals surface area contributed by atoms with E-state index in [-0.39, 0.29) is 0 Å². The van der Waals surface area contributed by atoms with Crippen molar-refractivity contribution in [2.45, 2.75) is 6.16 Å². The van der Waals surface area contributed by atoms with Gasteiger partial charge in [0.05, 0.1) is 6.16 Å². The van der Waals surface area contributed by atoms with E-state index in [0.717, 1.165) is 5.56 Å². The minimum absolute atomic E-state index is 0.362. The van der Waals surface area contributed by atoms with Crippen LogP contribution in [0.25, 0.3) is 0 Å². The van der Waals surface area contributed by atoms with Crippen molar-refractivity contribution in [1.29, 1.82) is 0 Å². The molecule has 4 heteroatoms. The molecular formula is C14H15O3P. The van der Waals surface area contributed by atoms with Crippen LogP contribution >= 0.6 is 7.37 Å². The summed E-state index contributed by atoms with van der Waals surface area (Å²) in [5, 5.41) is 0. The maximum atomic E-state index is 12.2. The summed E-state index contributed by atoms with van der Waals surface area (Å²) in [4.78, 5) is 5.08. The molecule has 0 aliphatic rings. The fourth-order valence-corrected chi connectivity index (χ4v) is 2.71. The van der Waals surface area contributed by atoms with Gasteiger partial charge in [-0.15, -0.1) is 4.67 Å². The number of para-hydroxylation sites is 1. The average Bonchev–Trinajstić information content (AvgIpc) is 2.38. The van der Waals surface area contributed by atoms with Crippen LogP contribution in [0.3, 0.4) is 0 Å². The van der Waals surface area contributed by atoms with E-state index < -0.39 is 7.37 Å². The summed E-state index contributed by atoms with van der Waals surface area (Å²) in [6.45, 7) is 1.57. The van der Waals surface area contributed by atoms with E-state index in [4.69, 9.17) is 9.56 Å². The zero-order chi connectivity index (χ0) is 12.8. The van der Waals surface area contributed by atoms with E-state index in [1.165, 1.54) is 0 Å². The van der Waals surface area contributed by atoms with E-state index in [0.29, 0.717) is 11.9 Å². The van der Waals surface area contributed by atoms with Crippen LogP contribution in [-0.2, 0) is 15.4 Å². The molecule has 1 unspecified atom stereocenters. The standard InChI is InChI=1S/C14H15O3P/c1-18(15,12-13-8-4-2-5-9-13)17-16-14-10-6-3-7-11-14/h2-11H,12H2,1H3. The molecule has 18 heavy (non-hydrogen) atoms. The molecule has 1 atom stereocenters. The fourth-order valence-electron chi connectivity index (χ4n) is 1.54. The Kier molecular flexibility index (Phi) is 4.19. The Morgan fingerprint density at radius 3 is 2.11 bits per heavy atom. The van der Waals surface area contributed by atoms with Crippen molar-refractivity contribution >= 4 is 7.37 Å². The summed E-state index contributed by atoms with van der Waals surface area (Å²) in [6, 6.07) is 18.6. The molecule has 0 aliphatic carbocycles. The molecule has 94 valence electrons. The zero-order valence-electron chi connectivity index (χ0n) is 10.2. The van der Waals surface area contributed by atoms with Gasteiger partial charge in [0.15, 0.2) is 5.75 Å². The van der Waals surface area contributed by atoms with E-state index in [2.05, 4.69) is 0 Å². The molecule has 0 saturated heterocycles. The lowest BCUT2D eigenvalue weighted by atomic mass is 10.2. The summed E-state index contributed by atoms with van der Waals surface area (Å²) in [5.41, 5.74) is 0.972. The molecule has 3 nitrogen and oxygen atoms in total. The zero-order valence-corrected chi connectivity index (χ0v) is 11.0. The Morgan fingerprint density at radius 2 is 1.50 bits per heavy atom. The number of hydrogen-bond acceptors (Lipinski definition) is 3. The quantitative estimate of drug-likeness (QED) is 0.462. The van der Waals surface area contributed by atoms with Crippen LogP contribution in [-0.4, -0.2) is 6.66 Å². The van der Waals surface area contributed by atoms with Crippen molar-refractivity contribution in [2.24, 2.45) is 0 Å². The first kappa shape index (κ1) is 12.9. The molecule has 0 aromatic heterocycles. The fraction of sp³-hybridized carbons (Fsp3) is 0.143. The predicted molar refractivity (Wildman–Crippen MR) is 71.8 cm³/mol. The Hall–Kier alpha value is -1.57. The minimum Gasteiger partial charge on any atom is -0.331 e. The molecule has 2 rings (SSSR count). The summed E-state index contributed by atoms with van der Waals surface area (Å²) >= 11 is 0. The molecule has 2 aromatic carbocycles. The number of benzene rings is 2. The number of rotatable bonds is 5. The van der Waals surface area contributed by atoms with Gasteiger partial charge in [0.25, 0.3) is 0 Å². The van der Waals surface area contributed by atoms with Crippen LogP contribution in [0.1, 0.15) is 5.56 Å². The van der Waals surface area contributed by atoms with Gasteiger partial charge in [-0.3, -0.25) is 4.57 Å². The van der Waals surface area contributed by atoms with Crippen molar-refractivity contribution < 1.29 is 14.1 Å². The minimum atomic E-state index is -2.80. The second-order valence-corrected chi connectivity index (χ2v) is 6.62. The molecule has 0 bridgehead atoms. The SMILES string of the molecule is CP(=O)(Cc1ccccc1)OOc1ccccc1. The van der Waals surface area contributed by atoms with Gasteiger partial charge in [-0.1, -0.05) is 48.5 Å². The lowest BCUT2D eigenvalue weighted by Crippen LogP contribution is -1.97. The van der Waals surface area contributed by atoms with Gasteiger partial charge in [0.2, 0.25) is 7.37 Å². The van der Waals surface area contributed by atoms with Gasteiger partial charge in [0, 0.05) is 6.66 Å². The molecule has 0 N–H and O–H groups in total. The van der Waals surface area contributed by atoms with E-state index in [1.807, 2.05) is 48.5 Å². The summed E-state index contributed by atoms with van der Waals surface area (Å²) in [6.07, 6.45) is 0.362. The normalized spacial score (nSPS) is 13.8. The van der Waals surface area contributed by atoms with Gasteiger partial charge in [-0.25, -0.2) is 0 Å². The summed E-state index contributed by atoms with van der Waals surface area (Å²) in [5.74, 6) is 0.549. The first-order valence-electron chi connectivity index (χ1n) is 5.67. The Labute approximate surface area is 107 Å². The average molecular weight is 262 g/mol. The van der Waals surface area contributed by atoms with Gasteiger partial charge >= 0.3 is 0 Å². The third-order valence-electron chi connectivity index (χ3n) is 2.35. The first-order chi connectivity index (χ1) is 8.66. The van der Waals surface area contributed by atoms with Crippen LogP contribution in [0.5, 0.6) is 5.75 Å². The highest BCUT2D eigenvalue weighted by atomic mass is 31.2. The predicted octanol–water partition coefficient (Wildman–Crippen LogP) is 4.11. The highest BCUT2D eigenvalue weighted by Gasteiger charge is 2.19. The van der Waals surface area contributed by atoms with Crippen molar-refractivity contribution in [3.63, 3.8) is 0 Å². The maximum Gasteiger partial charge on any atom is 0.249 e. The molecule has 0 fully saturated rings. The van der Waals surface area contributed by atoms with E-state index in [9.17, 15) is 4.57 Å². The first-order valence-corrected chi connectivity index (χ1v) is 7.93. The largest absolute Gasteiger partial charge is 0.331 e. The third-order valence-corrected chi connectivity index (χ3v) is 3.68. The Morgan fingerprint density at radius 1 is 0.944 bits per heavy atom. The highest BCUT2D eigenvalue weighted by Crippen LogP contribution is 2.46. The molecular weight excluding hydrogens is 247 g/mol. The van der Waals surface area contributed by atoms with E-state index >= 15 is 0 Å². The molecule has 0 spiro atoms. The molecule has 0 heterocycles. The summed E-state index contributed by atoms with van der Waals surface area (Å²) < 4.78 is 17.3. The van der Waals surface area contributed by atoms with E-state index in [1.54, 1.807) is 18.8 Å². The van der Waals surface area contributed by atoms with Crippen LogP contribution in [0.4, 0.5) is 0 Å². The molecule has 0 aliphatic heterocycles. The second-order valence-electron chi connectivity index (χ2n) is 4.13. The Balaban J connectivity index is 1.94. The molecule has 0 saturated carbocycles. The van der Waals surface area contributed by atoms with Crippen LogP contribution in [0.2, 0.25) is 0 Å². The van der Waals surface area contributed by atoms with Crippen molar-refractivity contribution in [3.8, 4) is 5.75 Å². The van der Waals surface area contributed by atoms with Crippen molar-refractivity contribution in [3.05, 3.63) is 66.2 Å². The smallest absolute Gasteiger partial charge is 0.249 e.